The topological polar surface area (TPSA) is 119 Å². The molecule has 4 rings (SSSR count). The van der Waals surface area contributed by atoms with Crippen LogP contribution in [0.2, 0.25) is 0 Å². The predicted molar refractivity (Wildman–Crippen MR) is 149 cm³/mol. The Morgan fingerprint density at radius 1 is 1.27 bits per heavy atom. The lowest BCUT2D eigenvalue weighted by atomic mass is 10.0. The van der Waals surface area contributed by atoms with Gasteiger partial charge in [-0.15, -0.1) is 0 Å². The average Bonchev–Trinajstić information content (AvgIpc) is 3.35. The smallest absolute Gasteiger partial charge is 0.321 e. The van der Waals surface area contributed by atoms with Crippen LogP contribution in [0.5, 0.6) is 5.75 Å². The van der Waals surface area contributed by atoms with Crippen molar-refractivity contribution in [3.8, 4) is 17.6 Å². The number of fused-ring (bicyclic) bond motifs is 1. The van der Waals surface area contributed by atoms with E-state index < -0.39 is 39.6 Å². The summed E-state index contributed by atoms with van der Waals surface area (Å²) in [6, 6.07) is 8.92. The fourth-order valence-corrected chi connectivity index (χ4v) is 6.76. The van der Waals surface area contributed by atoms with Gasteiger partial charge in [0.15, 0.2) is 0 Å². The molecular weight excluding hydrogens is 537 g/mol. The van der Waals surface area contributed by atoms with Gasteiger partial charge in [0.2, 0.25) is 10.0 Å². The number of rotatable bonds is 5. The van der Waals surface area contributed by atoms with Crippen molar-refractivity contribution < 1.29 is 32.6 Å². The molecule has 0 bridgehead atoms. The Bertz CT molecular complexity index is 1400. The number of carbonyl (C=O) groups is 1. The van der Waals surface area contributed by atoms with E-state index in [1.54, 1.807) is 26.1 Å². The molecule has 0 aromatic heterocycles. The molecule has 11 heteroatoms. The molecule has 0 saturated heterocycles. The molecule has 1 saturated carbocycles. The first-order valence-electron chi connectivity index (χ1n) is 13.4. The lowest BCUT2D eigenvalue weighted by Gasteiger charge is -2.37. The summed E-state index contributed by atoms with van der Waals surface area (Å²) < 4.78 is 48.5. The first-order chi connectivity index (χ1) is 18.9. The number of likely N-dealkylation sites (N-methyl/N-ethyl adjacent to an activating group) is 1. The van der Waals surface area contributed by atoms with Crippen LogP contribution in [0.25, 0.3) is 0 Å². The second-order valence-corrected chi connectivity index (χ2v) is 12.6. The maximum absolute atomic E-state index is 13.7. The molecule has 1 fully saturated rings. The van der Waals surface area contributed by atoms with Crippen molar-refractivity contribution in [1.82, 2.24) is 9.21 Å². The summed E-state index contributed by atoms with van der Waals surface area (Å²) in [5, 5.41) is 23.1. The number of aliphatic hydroxyl groups is 2. The third-order valence-electron chi connectivity index (χ3n) is 7.41. The predicted octanol–water partition coefficient (Wildman–Crippen LogP) is 3.41. The van der Waals surface area contributed by atoms with Crippen LogP contribution in [0.3, 0.4) is 0 Å². The normalized spacial score (nSPS) is 22.4. The van der Waals surface area contributed by atoms with E-state index >= 15 is 0 Å². The summed E-state index contributed by atoms with van der Waals surface area (Å²) in [5.74, 6) is 5.12. The zero-order valence-electron chi connectivity index (χ0n) is 22.9. The van der Waals surface area contributed by atoms with Crippen molar-refractivity contribution in [2.75, 3.05) is 32.1 Å². The van der Waals surface area contributed by atoms with E-state index in [1.807, 2.05) is 6.92 Å². The van der Waals surface area contributed by atoms with Crippen LogP contribution in [0.4, 0.5) is 14.9 Å². The highest BCUT2D eigenvalue weighted by Crippen LogP contribution is 2.34. The quantitative estimate of drug-likeness (QED) is 0.472. The average molecular weight is 574 g/mol. The molecule has 2 aromatic carbocycles. The third kappa shape index (κ3) is 6.75. The number of amides is 2. The molecule has 0 radical (unpaired) electrons. The molecule has 0 spiro atoms. The number of benzene rings is 2. The molecule has 3 N–H and O–H groups in total. The zero-order chi connectivity index (χ0) is 29.1. The number of halogens is 1. The summed E-state index contributed by atoms with van der Waals surface area (Å²) in [7, 11) is -2.47. The summed E-state index contributed by atoms with van der Waals surface area (Å²) in [5.41, 5.74) is -0.269. The van der Waals surface area contributed by atoms with Crippen LogP contribution >= 0.6 is 0 Å². The van der Waals surface area contributed by atoms with Gasteiger partial charge in [0.25, 0.3) is 0 Å². The number of nitrogens with zero attached hydrogens (tertiary/aromatic N) is 2. The SMILES string of the molecule is C[C@H](CO)N1C[C@H](C)[C@@H](CN(C)C(=O)Nc2cccc(F)c2)Oc2cc(C#CC3(O)CCCC3)ccc2S1(=O)=O. The Balaban J connectivity index is 1.65. The van der Waals surface area contributed by atoms with Gasteiger partial charge < -0.3 is 25.2 Å². The second kappa shape index (κ2) is 12.1. The molecule has 1 aliphatic carbocycles. The van der Waals surface area contributed by atoms with Crippen LogP contribution < -0.4 is 10.1 Å². The van der Waals surface area contributed by atoms with Gasteiger partial charge in [0.05, 0.1) is 13.2 Å². The summed E-state index contributed by atoms with van der Waals surface area (Å²) >= 11 is 0. The highest BCUT2D eigenvalue weighted by molar-refractivity contribution is 7.89. The fraction of sp³-hybridized carbons (Fsp3) is 0.483. The Morgan fingerprint density at radius 2 is 2.00 bits per heavy atom. The highest BCUT2D eigenvalue weighted by atomic mass is 32.2. The number of ether oxygens (including phenoxy) is 1. The van der Waals surface area contributed by atoms with E-state index in [9.17, 15) is 27.8 Å². The van der Waals surface area contributed by atoms with Crippen molar-refractivity contribution >= 4 is 21.7 Å². The van der Waals surface area contributed by atoms with E-state index in [0.717, 1.165) is 12.8 Å². The Labute approximate surface area is 235 Å². The molecule has 3 atom stereocenters. The first kappa shape index (κ1) is 29.8. The maximum Gasteiger partial charge on any atom is 0.321 e. The fourth-order valence-electron chi connectivity index (χ4n) is 4.93. The molecule has 2 aromatic rings. The van der Waals surface area contributed by atoms with Gasteiger partial charge in [-0.25, -0.2) is 17.6 Å². The minimum atomic E-state index is -4.04. The molecule has 2 aliphatic rings. The number of nitrogens with one attached hydrogen (secondary N) is 1. The van der Waals surface area contributed by atoms with E-state index in [-0.39, 0.29) is 36.3 Å². The summed E-state index contributed by atoms with van der Waals surface area (Å²) in [4.78, 5) is 14.2. The van der Waals surface area contributed by atoms with Gasteiger partial charge in [-0.1, -0.05) is 24.8 Å². The Morgan fingerprint density at radius 3 is 2.67 bits per heavy atom. The molecule has 1 aliphatic heterocycles. The number of hydrogen-bond donors (Lipinski definition) is 3. The Kier molecular flexibility index (Phi) is 9.05. The maximum atomic E-state index is 13.7. The molecule has 1 heterocycles. The summed E-state index contributed by atoms with van der Waals surface area (Å²) in [6.07, 6.45) is 2.35. The molecule has 0 unspecified atom stereocenters. The molecule has 216 valence electrons. The van der Waals surface area contributed by atoms with Crippen LogP contribution in [-0.4, -0.2) is 78.4 Å². The number of sulfonamides is 1. The monoisotopic (exact) mass is 573 g/mol. The highest BCUT2D eigenvalue weighted by Gasteiger charge is 2.38. The lowest BCUT2D eigenvalue weighted by molar-refractivity contribution is 0.0830. The van der Waals surface area contributed by atoms with Crippen LogP contribution in [0.1, 0.15) is 45.1 Å². The van der Waals surface area contributed by atoms with Crippen molar-refractivity contribution in [3.63, 3.8) is 0 Å². The van der Waals surface area contributed by atoms with E-state index in [1.165, 1.54) is 39.5 Å². The minimum absolute atomic E-state index is 0.0577. The van der Waals surface area contributed by atoms with Crippen LogP contribution in [-0.2, 0) is 10.0 Å². The molecule has 2 amide bonds. The van der Waals surface area contributed by atoms with Crippen molar-refractivity contribution in [2.24, 2.45) is 5.92 Å². The Hall–Kier alpha value is -3.17. The minimum Gasteiger partial charge on any atom is -0.487 e. The van der Waals surface area contributed by atoms with E-state index in [0.29, 0.717) is 24.1 Å². The zero-order valence-corrected chi connectivity index (χ0v) is 23.7. The number of anilines is 1. The number of urea groups is 1. The van der Waals surface area contributed by atoms with Crippen LogP contribution in [0.15, 0.2) is 47.4 Å². The third-order valence-corrected chi connectivity index (χ3v) is 9.43. The van der Waals surface area contributed by atoms with Gasteiger partial charge in [0, 0.05) is 36.8 Å². The first-order valence-corrected chi connectivity index (χ1v) is 14.8. The molecular formula is C29H36FN3O6S. The van der Waals surface area contributed by atoms with Crippen molar-refractivity contribution in [3.05, 3.63) is 53.8 Å². The van der Waals surface area contributed by atoms with E-state index in [4.69, 9.17) is 4.74 Å². The number of aliphatic hydroxyl groups excluding tert-OH is 1. The molecule has 40 heavy (non-hydrogen) atoms. The lowest BCUT2D eigenvalue weighted by Crippen LogP contribution is -2.50. The standard InChI is InChI=1S/C29H36FN3O6S/c1-20-17-33(21(2)19-34)40(37,38)27-10-9-22(11-14-29(36)12-4-5-13-29)15-25(27)39-26(20)18-32(3)28(35)31-24-8-6-7-23(30)16-24/h6-10,15-16,20-21,26,34,36H,4-5,12-13,17-19H2,1-3H3,(H,31,35)/t20-,21+,26+/m0/s1. The van der Waals surface area contributed by atoms with Gasteiger partial charge in [0.1, 0.15) is 28.2 Å². The van der Waals surface area contributed by atoms with Gasteiger partial charge in [-0.2, -0.15) is 4.31 Å². The second-order valence-electron chi connectivity index (χ2n) is 10.7. The van der Waals surface area contributed by atoms with Crippen molar-refractivity contribution in [2.45, 2.75) is 62.2 Å². The number of hydrogen-bond acceptors (Lipinski definition) is 6. The van der Waals surface area contributed by atoms with Gasteiger partial charge >= 0.3 is 6.03 Å². The summed E-state index contributed by atoms with van der Waals surface area (Å²) in [6.45, 7) is 3.23. The van der Waals surface area contributed by atoms with Gasteiger partial charge in [-0.3, -0.25) is 0 Å². The van der Waals surface area contributed by atoms with Gasteiger partial charge in [-0.05, 0) is 69.0 Å². The van der Waals surface area contributed by atoms with Crippen molar-refractivity contribution in [1.29, 1.82) is 0 Å². The van der Waals surface area contributed by atoms with Crippen LogP contribution in [0, 0.1) is 23.6 Å². The largest absolute Gasteiger partial charge is 0.487 e. The molecule has 9 nitrogen and oxygen atoms in total. The van der Waals surface area contributed by atoms with E-state index in [2.05, 4.69) is 17.2 Å². The number of carbonyl (C=O) groups excluding carboxylic acids is 1.